The molecular formula is C20H27N5O7S. The molecule has 0 atom stereocenters. The molecule has 1 amide bonds. The predicted octanol–water partition coefficient (Wildman–Crippen LogP) is 1.98. The minimum Gasteiger partial charge on any atom is -0.438 e. The van der Waals surface area contributed by atoms with E-state index in [9.17, 15) is 23.3 Å². The molecule has 33 heavy (non-hydrogen) atoms. The van der Waals surface area contributed by atoms with E-state index in [0.717, 1.165) is 12.1 Å². The Labute approximate surface area is 191 Å². The molecule has 12 nitrogen and oxygen atoms in total. The van der Waals surface area contributed by atoms with Crippen LogP contribution in [0.3, 0.4) is 0 Å². The molecule has 0 unspecified atom stereocenters. The normalized spacial score (nSPS) is 14.9. The molecule has 1 aromatic carbocycles. The van der Waals surface area contributed by atoms with Crippen molar-refractivity contribution in [1.29, 1.82) is 0 Å². The maximum atomic E-state index is 13.0. The highest BCUT2D eigenvalue weighted by Crippen LogP contribution is 2.34. The number of morpholine rings is 1. The third-order valence-electron chi connectivity index (χ3n) is 4.80. The van der Waals surface area contributed by atoms with Crippen LogP contribution in [-0.4, -0.2) is 65.8 Å². The van der Waals surface area contributed by atoms with Gasteiger partial charge in [-0.05, 0) is 33.8 Å². The molecule has 2 aromatic rings. The second-order valence-electron chi connectivity index (χ2n) is 8.65. The van der Waals surface area contributed by atoms with Crippen molar-refractivity contribution in [2.24, 2.45) is 7.05 Å². The van der Waals surface area contributed by atoms with Gasteiger partial charge in [-0.25, -0.2) is 17.8 Å². The summed E-state index contributed by atoms with van der Waals surface area (Å²) in [4.78, 5) is 24.7. The van der Waals surface area contributed by atoms with Crippen molar-refractivity contribution >= 4 is 21.6 Å². The number of carbonyl (C=O) groups excluding carboxylic acids is 1. The average Bonchev–Trinajstić information content (AvgIpc) is 3.00. The Morgan fingerprint density at radius 1 is 1.27 bits per heavy atom. The van der Waals surface area contributed by atoms with Crippen LogP contribution in [-0.2, 0) is 21.8 Å². The van der Waals surface area contributed by atoms with Crippen LogP contribution in [0.5, 0.6) is 11.6 Å². The zero-order valence-electron chi connectivity index (χ0n) is 19.1. The molecule has 0 radical (unpaired) electrons. The van der Waals surface area contributed by atoms with Gasteiger partial charge < -0.3 is 14.4 Å². The summed E-state index contributed by atoms with van der Waals surface area (Å²) in [5.74, 6) is -0.270. The largest absolute Gasteiger partial charge is 0.438 e. The summed E-state index contributed by atoms with van der Waals surface area (Å²) in [7, 11) is -2.61. The lowest BCUT2D eigenvalue weighted by atomic mass is 10.1. The number of nitro benzene ring substituents is 1. The first-order valence-electron chi connectivity index (χ1n) is 10.2. The summed E-state index contributed by atoms with van der Waals surface area (Å²) in [6, 6.07) is 3.30. The molecule has 1 aromatic heterocycles. The van der Waals surface area contributed by atoms with Crippen molar-refractivity contribution in [2.45, 2.75) is 38.1 Å². The van der Waals surface area contributed by atoms with Gasteiger partial charge in [-0.15, -0.1) is 0 Å². The lowest BCUT2D eigenvalue weighted by molar-refractivity contribution is -0.385. The standard InChI is InChI=1S/C20H27N5O7S/c1-13-17(18(26)24-8-10-31-11-9-24)21-23(5)19(13)32-15-7-6-14(25(27)28)12-16(15)33(29,30)22-20(2,3)4/h6-7,12,22H,8-11H2,1-5H3. The lowest BCUT2D eigenvalue weighted by Crippen LogP contribution is -2.41. The van der Waals surface area contributed by atoms with E-state index in [2.05, 4.69) is 9.82 Å². The van der Waals surface area contributed by atoms with Gasteiger partial charge in [0.1, 0.15) is 10.6 Å². The van der Waals surface area contributed by atoms with Crippen molar-refractivity contribution < 1.29 is 27.6 Å². The Hall–Kier alpha value is -3.03. The number of benzene rings is 1. The van der Waals surface area contributed by atoms with E-state index >= 15 is 0 Å². The van der Waals surface area contributed by atoms with Gasteiger partial charge in [0.05, 0.1) is 18.1 Å². The minimum absolute atomic E-state index is 0.131. The predicted molar refractivity (Wildman–Crippen MR) is 118 cm³/mol. The SMILES string of the molecule is Cc1c(C(=O)N2CCOCC2)nn(C)c1Oc1ccc([N+](=O)[O-])cc1S(=O)(=O)NC(C)(C)C. The first kappa shape index (κ1) is 24.6. The maximum absolute atomic E-state index is 13.0. The fourth-order valence-electron chi connectivity index (χ4n) is 3.34. The van der Waals surface area contributed by atoms with E-state index in [0.29, 0.717) is 31.9 Å². The second-order valence-corrected chi connectivity index (χ2v) is 10.3. The van der Waals surface area contributed by atoms with Crippen LogP contribution in [0.4, 0.5) is 5.69 Å². The zero-order chi connectivity index (χ0) is 24.6. The number of nitrogens with one attached hydrogen (secondary N) is 1. The van der Waals surface area contributed by atoms with E-state index in [1.165, 1.54) is 10.7 Å². The number of aryl methyl sites for hydroxylation is 1. The Balaban J connectivity index is 2.02. The summed E-state index contributed by atoms with van der Waals surface area (Å²) in [6.07, 6.45) is 0. The number of aromatic nitrogens is 2. The number of carbonyl (C=O) groups is 1. The molecule has 1 aliphatic rings. The number of nitrogens with zero attached hydrogens (tertiary/aromatic N) is 4. The number of nitro groups is 1. The molecule has 0 aliphatic carbocycles. The van der Waals surface area contributed by atoms with Crippen molar-refractivity contribution in [3.63, 3.8) is 0 Å². The fourth-order valence-corrected chi connectivity index (χ4v) is 4.91. The fraction of sp³-hybridized carbons (Fsp3) is 0.500. The van der Waals surface area contributed by atoms with Gasteiger partial charge >= 0.3 is 0 Å². The van der Waals surface area contributed by atoms with Crippen molar-refractivity contribution in [2.75, 3.05) is 26.3 Å². The summed E-state index contributed by atoms with van der Waals surface area (Å²) in [5, 5.41) is 15.5. The van der Waals surface area contributed by atoms with Gasteiger partial charge in [0.2, 0.25) is 15.9 Å². The number of sulfonamides is 1. The first-order chi connectivity index (χ1) is 15.3. The third-order valence-corrected chi connectivity index (χ3v) is 6.57. The zero-order valence-corrected chi connectivity index (χ0v) is 19.9. The molecule has 0 saturated carbocycles. The smallest absolute Gasteiger partial charge is 0.274 e. The summed E-state index contributed by atoms with van der Waals surface area (Å²) < 4.78 is 41.0. The highest BCUT2D eigenvalue weighted by molar-refractivity contribution is 7.89. The first-order valence-corrected chi connectivity index (χ1v) is 11.7. The van der Waals surface area contributed by atoms with Gasteiger partial charge in [0, 0.05) is 43.4 Å². The Morgan fingerprint density at radius 2 is 1.91 bits per heavy atom. The third kappa shape index (κ3) is 5.49. The molecule has 1 N–H and O–H groups in total. The molecule has 13 heteroatoms. The highest BCUT2D eigenvalue weighted by atomic mass is 32.2. The number of hydrogen-bond donors (Lipinski definition) is 1. The van der Waals surface area contributed by atoms with Crippen molar-refractivity contribution in [3.05, 3.63) is 39.6 Å². The van der Waals surface area contributed by atoms with Crippen LogP contribution < -0.4 is 9.46 Å². The molecule has 180 valence electrons. The number of non-ortho nitro benzene ring substituents is 1. The molecule has 1 saturated heterocycles. The van der Waals surface area contributed by atoms with Crippen molar-refractivity contribution in [1.82, 2.24) is 19.4 Å². The molecule has 0 bridgehead atoms. The van der Waals surface area contributed by atoms with Crippen LogP contribution in [0, 0.1) is 17.0 Å². The number of ether oxygens (including phenoxy) is 2. The number of amides is 1. The lowest BCUT2D eigenvalue weighted by Gasteiger charge is -2.26. The van der Waals surface area contributed by atoms with E-state index in [4.69, 9.17) is 9.47 Å². The number of rotatable bonds is 6. The quantitative estimate of drug-likeness (QED) is 0.487. The topological polar surface area (TPSA) is 146 Å². The Kier molecular flexibility index (Phi) is 6.77. The summed E-state index contributed by atoms with van der Waals surface area (Å²) in [6.45, 7) is 8.34. The van der Waals surface area contributed by atoms with Crippen LogP contribution in [0.1, 0.15) is 36.8 Å². The molecule has 1 aliphatic heterocycles. The Morgan fingerprint density at radius 3 is 2.48 bits per heavy atom. The highest BCUT2D eigenvalue weighted by Gasteiger charge is 2.30. The molecule has 2 heterocycles. The summed E-state index contributed by atoms with van der Waals surface area (Å²) >= 11 is 0. The monoisotopic (exact) mass is 481 g/mol. The molecule has 0 spiro atoms. The average molecular weight is 482 g/mol. The van der Waals surface area contributed by atoms with Crippen LogP contribution in [0.25, 0.3) is 0 Å². The van der Waals surface area contributed by atoms with Crippen LogP contribution in [0.2, 0.25) is 0 Å². The maximum Gasteiger partial charge on any atom is 0.274 e. The number of hydrogen-bond acceptors (Lipinski definition) is 8. The molecule has 3 rings (SSSR count). The minimum atomic E-state index is -4.18. The summed E-state index contributed by atoms with van der Waals surface area (Å²) in [5.41, 5.74) is -0.643. The van der Waals surface area contributed by atoms with E-state index in [-0.39, 0.29) is 23.2 Å². The van der Waals surface area contributed by atoms with Crippen LogP contribution in [0.15, 0.2) is 23.1 Å². The second kappa shape index (κ2) is 9.08. The molecule has 1 fully saturated rings. The van der Waals surface area contributed by atoms with Crippen LogP contribution >= 0.6 is 0 Å². The Bertz CT molecular complexity index is 1180. The van der Waals surface area contributed by atoms with E-state index < -0.39 is 31.1 Å². The van der Waals surface area contributed by atoms with E-state index in [1.807, 2.05) is 0 Å². The molecular weight excluding hydrogens is 454 g/mol. The van der Waals surface area contributed by atoms with Gasteiger partial charge in [-0.3, -0.25) is 14.9 Å². The van der Waals surface area contributed by atoms with Gasteiger partial charge in [0.25, 0.3) is 11.6 Å². The van der Waals surface area contributed by atoms with Crippen molar-refractivity contribution in [3.8, 4) is 11.6 Å². The van der Waals surface area contributed by atoms with Gasteiger partial charge in [-0.2, -0.15) is 5.10 Å². The van der Waals surface area contributed by atoms with E-state index in [1.54, 1.807) is 39.6 Å². The van der Waals surface area contributed by atoms with Gasteiger partial charge in [-0.1, -0.05) is 0 Å². The van der Waals surface area contributed by atoms with Gasteiger partial charge in [0.15, 0.2) is 5.69 Å².